The molecule has 132 valence electrons. The number of hydrogen-bond donors (Lipinski definition) is 1. The second kappa shape index (κ2) is 7.35. The Morgan fingerprint density at radius 1 is 1.28 bits per heavy atom. The molecule has 0 aromatic carbocycles. The number of nitrogens with one attached hydrogen (secondary N) is 1. The molecule has 1 fully saturated rings. The van der Waals surface area contributed by atoms with Gasteiger partial charge in [0.2, 0.25) is 5.91 Å². The molecule has 25 heavy (non-hydrogen) atoms. The maximum absolute atomic E-state index is 11.8. The van der Waals surface area contributed by atoms with E-state index < -0.39 is 0 Å². The Balaban J connectivity index is 1.83. The third-order valence-corrected chi connectivity index (χ3v) is 4.70. The number of hydrogen-bond acceptors (Lipinski definition) is 5. The number of rotatable bonds is 3. The van der Waals surface area contributed by atoms with Crippen molar-refractivity contribution in [2.24, 2.45) is 0 Å². The summed E-state index contributed by atoms with van der Waals surface area (Å²) in [5, 5.41) is 3.62. The van der Waals surface area contributed by atoms with Gasteiger partial charge in [-0.1, -0.05) is 11.6 Å². The molecule has 0 bridgehead atoms. The molecule has 0 aliphatic carbocycles. The number of piperidine rings is 1. The Hall–Kier alpha value is -2.21. The predicted octanol–water partition coefficient (Wildman–Crippen LogP) is 3.69. The first-order valence-corrected chi connectivity index (χ1v) is 8.80. The minimum atomic E-state index is 0.0865. The fraction of sp³-hybridized carbons (Fsp3) is 0.444. The number of anilines is 2. The first-order valence-electron chi connectivity index (χ1n) is 8.42. The van der Waals surface area contributed by atoms with E-state index in [9.17, 15) is 4.79 Å². The van der Waals surface area contributed by atoms with Crippen molar-refractivity contribution in [3.05, 3.63) is 41.1 Å². The van der Waals surface area contributed by atoms with Gasteiger partial charge < -0.3 is 10.2 Å². The largest absolute Gasteiger partial charge is 0.340 e. The zero-order valence-corrected chi connectivity index (χ0v) is 15.4. The minimum Gasteiger partial charge on any atom is -0.340 e. The monoisotopic (exact) mass is 359 g/mol. The number of likely N-dealkylation sites (tertiary alicyclic amines) is 1. The number of pyridine rings is 1. The molecule has 1 amide bonds. The maximum Gasteiger partial charge on any atom is 0.219 e. The molecule has 6 nitrogen and oxygen atoms in total. The van der Waals surface area contributed by atoms with Crippen LogP contribution in [0.3, 0.4) is 0 Å². The fourth-order valence-electron chi connectivity index (χ4n) is 3.21. The van der Waals surface area contributed by atoms with Crippen LogP contribution >= 0.6 is 11.6 Å². The van der Waals surface area contributed by atoms with E-state index in [1.54, 1.807) is 25.4 Å². The van der Waals surface area contributed by atoms with Gasteiger partial charge in [-0.2, -0.15) is 0 Å². The van der Waals surface area contributed by atoms with Gasteiger partial charge in [0.15, 0.2) is 0 Å². The summed E-state index contributed by atoms with van der Waals surface area (Å²) in [6.45, 7) is 6.29. The molecule has 1 N–H and O–H groups in total. The van der Waals surface area contributed by atoms with Crippen molar-refractivity contribution in [1.29, 1.82) is 0 Å². The van der Waals surface area contributed by atoms with Crippen molar-refractivity contribution in [2.45, 2.75) is 45.6 Å². The summed E-state index contributed by atoms with van der Waals surface area (Å²) in [6.07, 6.45) is 5.41. The molecule has 0 radical (unpaired) electrons. The van der Waals surface area contributed by atoms with Gasteiger partial charge in [-0.15, -0.1) is 0 Å². The highest BCUT2D eigenvalue weighted by atomic mass is 35.5. The van der Waals surface area contributed by atoms with E-state index in [-0.39, 0.29) is 17.9 Å². The Labute approximate surface area is 152 Å². The molecule has 1 aliphatic heterocycles. The van der Waals surface area contributed by atoms with Gasteiger partial charge in [0.25, 0.3) is 0 Å². The van der Waals surface area contributed by atoms with Crippen LogP contribution in [0.15, 0.2) is 24.5 Å². The lowest BCUT2D eigenvalue weighted by molar-refractivity contribution is -0.132. The summed E-state index contributed by atoms with van der Waals surface area (Å²) in [6, 6.07) is 3.94. The summed E-state index contributed by atoms with van der Waals surface area (Å²) in [5.41, 5.74) is 1.91. The van der Waals surface area contributed by atoms with E-state index in [4.69, 9.17) is 11.6 Å². The second-order valence-electron chi connectivity index (χ2n) is 6.60. The van der Waals surface area contributed by atoms with E-state index in [1.807, 2.05) is 17.9 Å². The Morgan fingerprint density at radius 3 is 2.80 bits per heavy atom. The van der Waals surface area contributed by atoms with Crippen LogP contribution in [0.25, 0.3) is 0 Å². The van der Waals surface area contributed by atoms with Crippen LogP contribution in [0.2, 0.25) is 5.15 Å². The molecule has 0 saturated carbocycles. The maximum atomic E-state index is 11.8. The van der Waals surface area contributed by atoms with Crippen molar-refractivity contribution < 1.29 is 4.79 Å². The predicted molar refractivity (Wildman–Crippen MR) is 98.1 cm³/mol. The molecule has 1 aliphatic rings. The molecular weight excluding hydrogens is 338 g/mol. The van der Waals surface area contributed by atoms with Gasteiger partial charge >= 0.3 is 0 Å². The van der Waals surface area contributed by atoms with Gasteiger partial charge in [-0.25, -0.2) is 9.97 Å². The average Bonchev–Trinajstić information content (AvgIpc) is 2.54. The zero-order valence-electron chi connectivity index (χ0n) is 14.7. The van der Waals surface area contributed by atoms with Crippen LogP contribution in [0.5, 0.6) is 0 Å². The number of carbonyl (C=O) groups is 1. The second-order valence-corrected chi connectivity index (χ2v) is 6.99. The highest BCUT2D eigenvalue weighted by Crippen LogP contribution is 2.30. The molecule has 1 saturated heterocycles. The number of aryl methyl sites for hydroxylation is 1. The van der Waals surface area contributed by atoms with Gasteiger partial charge in [0.05, 0.1) is 11.9 Å². The van der Waals surface area contributed by atoms with Crippen molar-refractivity contribution in [1.82, 2.24) is 19.9 Å². The standard InChI is InChI=1S/C18H22ClN5O/c1-11-6-15(9-20-8-11)21-17-7-16(19)22-18(23-17)14-5-4-12(2)24(10-14)13(3)25/h6-9,12,14H,4-5,10H2,1-3H3,(H,21,22,23). The Bertz CT molecular complexity index is 782. The van der Waals surface area contributed by atoms with Gasteiger partial charge in [0, 0.05) is 37.7 Å². The lowest BCUT2D eigenvalue weighted by Crippen LogP contribution is -2.44. The average molecular weight is 360 g/mol. The third-order valence-electron chi connectivity index (χ3n) is 4.51. The summed E-state index contributed by atoms with van der Waals surface area (Å²) in [5.74, 6) is 1.49. The zero-order chi connectivity index (χ0) is 18.0. The van der Waals surface area contributed by atoms with Gasteiger partial charge in [0.1, 0.15) is 16.8 Å². The van der Waals surface area contributed by atoms with E-state index >= 15 is 0 Å². The number of carbonyl (C=O) groups excluding carboxylic acids is 1. The van der Waals surface area contributed by atoms with Crippen LogP contribution in [0.4, 0.5) is 11.5 Å². The molecule has 2 aromatic rings. The highest BCUT2D eigenvalue weighted by Gasteiger charge is 2.29. The molecule has 3 rings (SSSR count). The van der Waals surface area contributed by atoms with Crippen LogP contribution < -0.4 is 5.32 Å². The highest BCUT2D eigenvalue weighted by molar-refractivity contribution is 6.29. The van der Waals surface area contributed by atoms with Crippen molar-refractivity contribution in [2.75, 3.05) is 11.9 Å². The lowest BCUT2D eigenvalue weighted by atomic mass is 9.92. The number of nitrogens with zero attached hydrogens (tertiary/aromatic N) is 4. The summed E-state index contributed by atoms with van der Waals surface area (Å²) in [7, 11) is 0. The Morgan fingerprint density at radius 2 is 2.08 bits per heavy atom. The van der Waals surface area contributed by atoms with E-state index in [0.29, 0.717) is 23.3 Å². The normalized spacial score (nSPS) is 20.4. The van der Waals surface area contributed by atoms with Gasteiger partial charge in [-0.05, 0) is 38.3 Å². The lowest BCUT2D eigenvalue weighted by Gasteiger charge is -2.36. The number of aromatic nitrogens is 3. The van der Waals surface area contributed by atoms with Crippen molar-refractivity contribution in [3.63, 3.8) is 0 Å². The van der Waals surface area contributed by atoms with Crippen molar-refractivity contribution in [3.8, 4) is 0 Å². The fourth-order valence-corrected chi connectivity index (χ4v) is 3.40. The topological polar surface area (TPSA) is 71.0 Å². The molecule has 0 spiro atoms. The third kappa shape index (κ3) is 4.25. The molecule has 7 heteroatoms. The van der Waals surface area contributed by atoms with Crippen molar-refractivity contribution >= 4 is 29.0 Å². The number of amides is 1. The smallest absolute Gasteiger partial charge is 0.219 e. The summed E-state index contributed by atoms with van der Waals surface area (Å²) < 4.78 is 0. The molecule has 2 unspecified atom stereocenters. The van der Waals surface area contributed by atoms with E-state index in [1.165, 1.54) is 0 Å². The first-order chi connectivity index (χ1) is 11.9. The molecule has 2 aromatic heterocycles. The molecule has 3 heterocycles. The van der Waals surface area contributed by atoms with Gasteiger partial charge in [-0.3, -0.25) is 9.78 Å². The molecule has 2 atom stereocenters. The van der Waals surface area contributed by atoms with Crippen LogP contribution in [-0.4, -0.2) is 38.3 Å². The van der Waals surface area contributed by atoms with Crippen LogP contribution in [-0.2, 0) is 4.79 Å². The number of halogens is 1. The first kappa shape index (κ1) is 17.6. The SMILES string of the molecule is CC(=O)N1CC(c2nc(Cl)cc(Nc3cncc(C)c3)n2)CCC1C. The Kier molecular flexibility index (Phi) is 5.18. The van der Waals surface area contributed by atoms with Crippen LogP contribution in [0, 0.1) is 6.92 Å². The summed E-state index contributed by atoms with van der Waals surface area (Å²) in [4.78, 5) is 26.9. The summed E-state index contributed by atoms with van der Waals surface area (Å²) >= 11 is 6.21. The van der Waals surface area contributed by atoms with E-state index in [2.05, 4.69) is 27.2 Å². The minimum absolute atomic E-state index is 0.0865. The molecular formula is C18H22ClN5O. The van der Waals surface area contributed by atoms with Crippen LogP contribution in [0.1, 0.15) is 44.0 Å². The quantitative estimate of drug-likeness (QED) is 0.846. The van der Waals surface area contributed by atoms with E-state index in [0.717, 1.165) is 24.1 Å².